The molecule has 0 saturated heterocycles. The van der Waals surface area contributed by atoms with Gasteiger partial charge in [-0.2, -0.15) is 0 Å². The van der Waals surface area contributed by atoms with Crippen molar-refractivity contribution in [3.8, 4) is 0 Å². The molecule has 0 heterocycles. The molecule has 0 spiro atoms. The summed E-state index contributed by atoms with van der Waals surface area (Å²) in [5.74, 6) is 0. The Morgan fingerprint density at radius 3 is 2.57 bits per heavy atom. The number of rotatable bonds is 4. The Labute approximate surface area is 134 Å². The van der Waals surface area contributed by atoms with E-state index in [1.165, 1.54) is 21.9 Å². The number of fused-ring (bicyclic) bond motifs is 1. The predicted molar refractivity (Wildman–Crippen MR) is 93.3 cm³/mol. The lowest BCUT2D eigenvalue weighted by Gasteiger charge is -2.15. The van der Waals surface area contributed by atoms with E-state index in [-0.39, 0.29) is 0 Å². The van der Waals surface area contributed by atoms with Crippen molar-refractivity contribution in [2.75, 3.05) is 0 Å². The lowest BCUT2D eigenvalue weighted by atomic mass is 10.0. The molecule has 3 rings (SSSR count). The Kier molecular flexibility index (Phi) is 4.37. The van der Waals surface area contributed by atoms with Crippen LogP contribution in [0, 0.1) is 0 Å². The summed E-state index contributed by atoms with van der Waals surface area (Å²) < 4.78 is 1.12. The van der Waals surface area contributed by atoms with Gasteiger partial charge in [-0.1, -0.05) is 70.5 Å². The molecule has 0 aromatic heterocycles. The fourth-order valence-electron chi connectivity index (χ4n) is 2.60. The second-order valence-electron chi connectivity index (χ2n) is 5.30. The Bertz CT molecular complexity index is 746. The van der Waals surface area contributed by atoms with Crippen LogP contribution in [0.4, 0.5) is 0 Å². The maximum absolute atomic E-state index is 3.61. The van der Waals surface area contributed by atoms with Crippen LogP contribution in [0.25, 0.3) is 10.8 Å². The van der Waals surface area contributed by atoms with Crippen LogP contribution >= 0.6 is 15.9 Å². The molecule has 1 nitrogen and oxygen atoms in total. The van der Waals surface area contributed by atoms with Crippen LogP contribution in [0.15, 0.2) is 71.2 Å². The number of benzene rings is 3. The molecule has 0 aliphatic heterocycles. The van der Waals surface area contributed by atoms with Gasteiger partial charge < -0.3 is 5.32 Å². The minimum atomic E-state index is 0.321. The Morgan fingerprint density at radius 1 is 0.952 bits per heavy atom. The van der Waals surface area contributed by atoms with Gasteiger partial charge in [0.1, 0.15) is 0 Å². The lowest BCUT2D eigenvalue weighted by molar-refractivity contribution is 0.576. The van der Waals surface area contributed by atoms with E-state index in [2.05, 4.69) is 94.9 Å². The molecule has 0 bridgehead atoms. The first-order chi connectivity index (χ1) is 10.2. The summed E-state index contributed by atoms with van der Waals surface area (Å²) in [6.07, 6.45) is 0. The molecule has 106 valence electrons. The maximum atomic E-state index is 3.61. The first-order valence-electron chi connectivity index (χ1n) is 7.19. The van der Waals surface area contributed by atoms with Crippen LogP contribution in [0.5, 0.6) is 0 Å². The predicted octanol–water partition coefficient (Wildman–Crippen LogP) is 5.45. The molecule has 1 N–H and O–H groups in total. The van der Waals surface area contributed by atoms with Crippen LogP contribution in [0.3, 0.4) is 0 Å². The van der Waals surface area contributed by atoms with Crippen molar-refractivity contribution in [2.24, 2.45) is 0 Å². The zero-order valence-electron chi connectivity index (χ0n) is 12.0. The number of hydrogen-bond acceptors (Lipinski definition) is 1. The highest BCUT2D eigenvalue weighted by Crippen LogP contribution is 2.21. The topological polar surface area (TPSA) is 12.0 Å². The van der Waals surface area contributed by atoms with E-state index in [1.807, 2.05) is 0 Å². The summed E-state index contributed by atoms with van der Waals surface area (Å²) in [6.45, 7) is 3.07. The molecule has 0 aliphatic rings. The molecule has 0 amide bonds. The lowest BCUT2D eigenvalue weighted by Crippen LogP contribution is -2.18. The summed E-state index contributed by atoms with van der Waals surface area (Å²) >= 11 is 3.53. The molecular formula is C19H18BrN. The van der Waals surface area contributed by atoms with Gasteiger partial charge in [0.05, 0.1) is 0 Å². The highest BCUT2D eigenvalue weighted by molar-refractivity contribution is 9.10. The second kappa shape index (κ2) is 6.42. The molecule has 1 unspecified atom stereocenters. The zero-order valence-corrected chi connectivity index (χ0v) is 13.6. The fraction of sp³-hybridized carbons (Fsp3) is 0.158. The summed E-state index contributed by atoms with van der Waals surface area (Å²) in [5, 5.41) is 6.24. The van der Waals surface area contributed by atoms with Gasteiger partial charge in [-0.3, -0.25) is 0 Å². The molecule has 2 heteroatoms. The van der Waals surface area contributed by atoms with Crippen molar-refractivity contribution in [3.05, 3.63) is 82.3 Å². The monoisotopic (exact) mass is 339 g/mol. The number of hydrogen-bond donors (Lipinski definition) is 1. The molecule has 3 aromatic carbocycles. The molecule has 1 atom stereocenters. The molecule has 3 aromatic rings. The third-order valence-electron chi connectivity index (χ3n) is 3.83. The van der Waals surface area contributed by atoms with Crippen LogP contribution in [0.2, 0.25) is 0 Å². The first kappa shape index (κ1) is 14.3. The molecule has 0 aliphatic carbocycles. The van der Waals surface area contributed by atoms with E-state index in [4.69, 9.17) is 0 Å². The number of halogens is 1. The van der Waals surface area contributed by atoms with Crippen LogP contribution in [-0.2, 0) is 6.54 Å². The normalized spacial score (nSPS) is 12.5. The average molecular weight is 340 g/mol. The molecular weight excluding hydrogens is 322 g/mol. The maximum Gasteiger partial charge on any atom is 0.0295 e. The van der Waals surface area contributed by atoms with Crippen LogP contribution in [0.1, 0.15) is 24.1 Å². The molecule has 21 heavy (non-hydrogen) atoms. The second-order valence-corrected chi connectivity index (χ2v) is 6.21. The minimum Gasteiger partial charge on any atom is -0.306 e. The smallest absolute Gasteiger partial charge is 0.0295 e. The summed E-state index contributed by atoms with van der Waals surface area (Å²) in [6, 6.07) is 23.8. The summed E-state index contributed by atoms with van der Waals surface area (Å²) in [4.78, 5) is 0. The van der Waals surface area contributed by atoms with E-state index in [9.17, 15) is 0 Å². The third kappa shape index (κ3) is 3.34. The van der Waals surface area contributed by atoms with E-state index >= 15 is 0 Å². The summed E-state index contributed by atoms with van der Waals surface area (Å²) in [7, 11) is 0. The van der Waals surface area contributed by atoms with E-state index < -0.39 is 0 Å². The van der Waals surface area contributed by atoms with Gasteiger partial charge in [0.15, 0.2) is 0 Å². The largest absolute Gasteiger partial charge is 0.306 e. The molecule has 0 saturated carbocycles. The molecule has 0 fully saturated rings. The van der Waals surface area contributed by atoms with Crippen molar-refractivity contribution in [1.82, 2.24) is 5.32 Å². The van der Waals surface area contributed by atoms with Crippen LogP contribution < -0.4 is 5.32 Å². The first-order valence-corrected chi connectivity index (χ1v) is 7.99. The van der Waals surface area contributed by atoms with Crippen molar-refractivity contribution < 1.29 is 0 Å². The van der Waals surface area contributed by atoms with Crippen molar-refractivity contribution >= 4 is 26.7 Å². The SMILES string of the molecule is CC(NCc1cccc2ccccc12)c1cccc(Br)c1. The molecule has 0 radical (unpaired) electrons. The summed E-state index contributed by atoms with van der Waals surface area (Å²) in [5.41, 5.74) is 2.64. The number of nitrogens with one attached hydrogen (secondary N) is 1. The van der Waals surface area contributed by atoms with E-state index in [0.29, 0.717) is 6.04 Å². The van der Waals surface area contributed by atoms with E-state index in [1.54, 1.807) is 0 Å². The third-order valence-corrected chi connectivity index (χ3v) is 4.32. The van der Waals surface area contributed by atoms with Gasteiger partial charge in [-0.25, -0.2) is 0 Å². The van der Waals surface area contributed by atoms with Crippen LogP contribution in [-0.4, -0.2) is 0 Å². The fourth-order valence-corrected chi connectivity index (χ4v) is 3.02. The Morgan fingerprint density at radius 2 is 1.71 bits per heavy atom. The zero-order chi connectivity index (χ0) is 14.7. The van der Waals surface area contributed by atoms with Gasteiger partial charge in [0.2, 0.25) is 0 Å². The Balaban J connectivity index is 1.77. The van der Waals surface area contributed by atoms with Crippen molar-refractivity contribution in [2.45, 2.75) is 19.5 Å². The Hall–Kier alpha value is -1.64. The standard InChI is InChI=1S/C19H18BrN/c1-14(16-8-5-10-18(20)12-16)21-13-17-9-4-7-15-6-2-3-11-19(15)17/h2-12,14,21H,13H2,1H3. The minimum absolute atomic E-state index is 0.321. The van der Waals surface area contributed by atoms with Crippen molar-refractivity contribution in [1.29, 1.82) is 0 Å². The van der Waals surface area contributed by atoms with Gasteiger partial charge in [-0.15, -0.1) is 0 Å². The van der Waals surface area contributed by atoms with E-state index in [0.717, 1.165) is 11.0 Å². The van der Waals surface area contributed by atoms with Gasteiger partial charge in [-0.05, 0) is 41.0 Å². The van der Waals surface area contributed by atoms with Gasteiger partial charge in [0.25, 0.3) is 0 Å². The van der Waals surface area contributed by atoms with Gasteiger partial charge in [0, 0.05) is 17.1 Å². The highest BCUT2D eigenvalue weighted by atomic mass is 79.9. The quantitative estimate of drug-likeness (QED) is 0.666. The average Bonchev–Trinajstić information content (AvgIpc) is 2.52. The highest BCUT2D eigenvalue weighted by Gasteiger charge is 2.06. The van der Waals surface area contributed by atoms with Gasteiger partial charge >= 0.3 is 0 Å². The van der Waals surface area contributed by atoms with Crippen molar-refractivity contribution in [3.63, 3.8) is 0 Å².